The third-order valence-corrected chi connectivity index (χ3v) is 4.20. The summed E-state index contributed by atoms with van der Waals surface area (Å²) in [6.07, 6.45) is 1.22. The number of alkyl halides is 1. The summed E-state index contributed by atoms with van der Waals surface area (Å²) >= 11 is 6.25. The highest BCUT2D eigenvalue weighted by atomic mass is 35.5. The summed E-state index contributed by atoms with van der Waals surface area (Å²) in [7, 11) is 1.79. The van der Waals surface area contributed by atoms with Gasteiger partial charge in [-0.2, -0.15) is 0 Å². The van der Waals surface area contributed by atoms with Crippen molar-refractivity contribution in [3.8, 4) is 0 Å². The van der Waals surface area contributed by atoms with Crippen LogP contribution < -0.4 is 0 Å². The number of carbonyl (C=O) groups excluding carboxylic acids is 1. The number of amides is 1. The second-order valence-corrected chi connectivity index (χ2v) is 6.21. The van der Waals surface area contributed by atoms with Crippen LogP contribution in [0, 0.1) is 5.82 Å². The van der Waals surface area contributed by atoms with Crippen LogP contribution >= 0.6 is 11.6 Å². The first-order chi connectivity index (χ1) is 9.97. The maximum atomic E-state index is 13.6. The number of likely N-dealkylation sites (N-methyl/N-ethyl adjacent to an activating group) is 1. The standard InChI is InChI=1S/C15H17ClFN3O/c1-9(16)15-18-12-5-3-10(17)7-13(12)20(15)11-4-6-14(21)19(2)8-11/h3,5,7,9,11H,4,6,8H2,1-2H3. The average molecular weight is 310 g/mol. The first-order valence-corrected chi connectivity index (χ1v) is 7.46. The van der Waals surface area contributed by atoms with E-state index >= 15 is 0 Å². The second-order valence-electron chi connectivity index (χ2n) is 5.56. The summed E-state index contributed by atoms with van der Waals surface area (Å²) in [6, 6.07) is 4.64. The largest absolute Gasteiger partial charge is 0.344 e. The molecule has 1 amide bonds. The average Bonchev–Trinajstić information content (AvgIpc) is 2.80. The third kappa shape index (κ3) is 2.50. The van der Waals surface area contributed by atoms with Crippen molar-refractivity contribution in [1.29, 1.82) is 0 Å². The van der Waals surface area contributed by atoms with Crippen molar-refractivity contribution >= 4 is 28.5 Å². The lowest BCUT2D eigenvalue weighted by molar-refractivity contribution is -0.132. The van der Waals surface area contributed by atoms with E-state index in [0.29, 0.717) is 13.0 Å². The van der Waals surface area contributed by atoms with Crippen LogP contribution in [0.3, 0.4) is 0 Å². The summed E-state index contributed by atoms with van der Waals surface area (Å²) in [6.45, 7) is 2.45. The van der Waals surface area contributed by atoms with Crippen molar-refractivity contribution in [3.05, 3.63) is 29.8 Å². The van der Waals surface area contributed by atoms with Crippen molar-refractivity contribution in [1.82, 2.24) is 14.5 Å². The van der Waals surface area contributed by atoms with Gasteiger partial charge in [-0.05, 0) is 31.5 Å². The van der Waals surface area contributed by atoms with Crippen molar-refractivity contribution in [2.75, 3.05) is 13.6 Å². The van der Waals surface area contributed by atoms with Crippen molar-refractivity contribution in [3.63, 3.8) is 0 Å². The first kappa shape index (κ1) is 14.3. The number of rotatable bonds is 2. The number of hydrogen-bond acceptors (Lipinski definition) is 2. The van der Waals surface area contributed by atoms with Gasteiger partial charge < -0.3 is 9.47 Å². The first-order valence-electron chi connectivity index (χ1n) is 7.03. The zero-order chi connectivity index (χ0) is 15.1. The van der Waals surface area contributed by atoms with E-state index in [1.165, 1.54) is 12.1 Å². The highest BCUT2D eigenvalue weighted by Gasteiger charge is 2.28. The van der Waals surface area contributed by atoms with Crippen LogP contribution in [-0.4, -0.2) is 34.0 Å². The Labute approximate surface area is 127 Å². The SMILES string of the molecule is CC(Cl)c1nc2ccc(F)cc2n1C1CCC(=O)N(C)C1. The van der Waals surface area contributed by atoms with E-state index in [-0.39, 0.29) is 23.1 Å². The van der Waals surface area contributed by atoms with Gasteiger partial charge in [-0.1, -0.05) is 0 Å². The van der Waals surface area contributed by atoms with E-state index in [0.717, 1.165) is 23.3 Å². The Bertz CT molecular complexity index is 698. The fraction of sp³-hybridized carbons (Fsp3) is 0.467. The minimum atomic E-state index is -0.294. The molecule has 1 aromatic carbocycles. The molecule has 0 aliphatic carbocycles. The van der Waals surface area contributed by atoms with E-state index in [9.17, 15) is 9.18 Å². The number of benzene rings is 1. The number of fused-ring (bicyclic) bond motifs is 1. The molecule has 1 aliphatic rings. The van der Waals surface area contributed by atoms with Crippen LogP contribution in [0.2, 0.25) is 0 Å². The maximum Gasteiger partial charge on any atom is 0.222 e. The summed E-state index contributed by atoms with van der Waals surface area (Å²) in [5.41, 5.74) is 1.48. The molecule has 0 spiro atoms. The zero-order valence-electron chi connectivity index (χ0n) is 12.0. The lowest BCUT2D eigenvalue weighted by Gasteiger charge is -2.32. The molecule has 2 atom stereocenters. The minimum Gasteiger partial charge on any atom is -0.344 e. The number of imidazole rings is 1. The lowest BCUT2D eigenvalue weighted by Crippen LogP contribution is -2.38. The number of likely N-dealkylation sites (tertiary alicyclic amines) is 1. The molecule has 1 fully saturated rings. The van der Waals surface area contributed by atoms with Crippen molar-refractivity contribution < 1.29 is 9.18 Å². The molecule has 1 aliphatic heterocycles. The Morgan fingerprint density at radius 3 is 2.90 bits per heavy atom. The lowest BCUT2D eigenvalue weighted by atomic mass is 10.0. The van der Waals surface area contributed by atoms with Gasteiger partial charge in [0.05, 0.1) is 22.5 Å². The Morgan fingerprint density at radius 2 is 2.24 bits per heavy atom. The maximum absolute atomic E-state index is 13.6. The van der Waals surface area contributed by atoms with Gasteiger partial charge in [-0.15, -0.1) is 11.6 Å². The van der Waals surface area contributed by atoms with Crippen LogP contribution in [0.25, 0.3) is 11.0 Å². The van der Waals surface area contributed by atoms with E-state index in [1.807, 2.05) is 11.5 Å². The van der Waals surface area contributed by atoms with Crippen LogP contribution in [0.1, 0.15) is 37.0 Å². The number of nitrogens with zero attached hydrogens (tertiary/aromatic N) is 3. The molecule has 6 heteroatoms. The molecule has 2 aromatic rings. The van der Waals surface area contributed by atoms with Crippen LogP contribution in [0.4, 0.5) is 4.39 Å². The normalized spacial score (nSPS) is 21.0. The number of halogens is 2. The second kappa shape index (κ2) is 5.30. The fourth-order valence-electron chi connectivity index (χ4n) is 2.95. The molecule has 0 N–H and O–H groups in total. The molecule has 2 unspecified atom stereocenters. The van der Waals surface area contributed by atoms with E-state index in [4.69, 9.17) is 11.6 Å². The molecule has 0 bridgehead atoms. The van der Waals surface area contributed by atoms with Gasteiger partial charge in [0.25, 0.3) is 0 Å². The molecule has 1 aromatic heterocycles. The highest BCUT2D eigenvalue weighted by Crippen LogP contribution is 2.32. The quantitative estimate of drug-likeness (QED) is 0.799. The van der Waals surface area contributed by atoms with E-state index in [2.05, 4.69) is 4.98 Å². The Kier molecular flexibility index (Phi) is 3.61. The third-order valence-electron chi connectivity index (χ3n) is 4.00. The molecule has 3 rings (SSSR count). The highest BCUT2D eigenvalue weighted by molar-refractivity contribution is 6.20. The van der Waals surface area contributed by atoms with Gasteiger partial charge in [0.1, 0.15) is 11.6 Å². The monoisotopic (exact) mass is 309 g/mol. The van der Waals surface area contributed by atoms with Crippen LogP contribution in [0.5, 0.6) is 0 Å². The molecule has 0 saturated carbocycles. The summed E-state index contributed by atoms with van der Waals surface area (Å²) < 4.78 is 15.6. The minimum absolute atomic E-state index is 0.0794. The topological polar surface area (TPSA) is 38.1 Å². The van der Waals surface area contributed by atoms with Gasteiger partial charge >= 0.3 is 0 Å². The molecule has 0 radical (unpaired) electrons. The molecule has 112 valence electrons. The molecular weight excluding hydrogens is 293 g/mol. The fourth-order valence-corrected chi connectivity index (χ4v) is 3.10. The Hall–Kier alpha value is -1.62. The summed E-state index contributed by atoms with van der Waals surface area (Å²) in [5, 5.41) is -0.275. The van der Waals surface area contributed by atoms with Crippen LogP contribution in [0.15, 0.2) is 18.2 Å². The van der Waals surface area contributed by atoms with E-state index < -0.39 is 0 Å². The Morgan fingerprint density at radius 1 is 1.48 bits per heavy atom. The number of carbonyl (C=O) groups is 1. The zero-order valence-corrected chi connectivity index (χ0v) is 12.8. The number of hydrogen-bond donors (Lipinski definition) is 0. The van der Waals surface area contributed by atoms with Crippen molar-refractivity contribution in [2.24, 2.45) is 0 Å². The predicted molar refractivity (Wildman–Crippen MR) is 79.9 cm³/mol. The summed E-state index contributed by atoms with van der Waals surface area (Å²) in [5.74, 6) is 0.574. The molecule has 21 heavy (non-hydrogen) atoms. The van der Waals surface area contributed by atoms with Gasteiger partial charge in [0.15, 0.2) is 0 Å². The van der Waals surface area contributed by atoms with E-state index in [1.54, 1.807) is 18.0 Å². The summed E-state index contributed by atoms with van der Waals surface area (Å²) in [4.78, 5) is 17.9. The predicted octanol–water partition coefficient (Wildman–Crippen LogP) is 3.27. The smallest absolute Gasteiger partial charge is 0.222 e. The number of aromatic nitrogens is 2. The molecule has 2 heterocycles. The Balaban J connectivity index is 2.13. The van der Waals surface area contributed by atoms with Crippen LogP contribution in [-0.2, 0) is 4.79 Å². The van der Waals surface area contributed by atoms with Gasteiger partial charge in [-0.3, -0.25) is 4.79 Å². The molecule has 1 saturated heterocycles. The molecule has 4 nitrogen and oxygen atoms in total. The molecular formula is C15H17ClFN3O. The van der Waals surface area contributed by atoms with Gasteiger partial charge in [-0.25, -0.2) is 9.37 Å². The van der Waals surface area contributed by atoms with Gasteiger partial charge in [0, 0.05) is 20.0 Å². The van der Waals surface area contributed by atoms with Gasteiger partial charge in [0.2, 0.25) is 5.91 Å². The number of piperidine rings is 1. The van der Waals surface area contributed by atoms with Crippen molar-refractivity contribution in [2.45, 2.75) is 31.2 Å².